The second kappa shape index (κ2) is 5.53. The molecule has 0 atom stereocenters. The van der Waals surface area contributed by atoms with Crippen LogP contribution in [0.1, 0.15) is 19.3 Å². The quantitative estimate of drug-likeness (QED) is 0.791. The summed E-state index contributed by atoms with van der Waals surface area (Å²) in [7, 11) is 0. The van der Waals surface area contributed by atoms with Crippen LogP contribution in [-0.2, 0) is 4.79 Å². The van der Waals surface area contributed by atoms with E-state index < -0.39 is 0 Å². The second-order valence-electron chi connectivity index (χ2n) is 4.21. The van der Waals surface area contributed by atoms with Gasteiger partial charge in [0.25, 0.3) is 0 Å². The Morgan fingerprint density at radius 2 is 2.24 bits per heavy atom. The van der Waals surface area contributed by atoms with Crippen molar-refractivity contribution in [2.24, 2.45) is 5.92 Å². The van der Waals surface area contributed by atoms with Crippen molar-refractivity contribution in [3.63, 3.8) is 0 Å². The van der Waals surface area contributed by atoms with E-state index in [1.54, 1.807) is 6.08 Å². The maximum atomic E-state index is 11.8. The lowest BCUT2D eigenvalue weighted by Gasteiger charge is -2.24. The Labute approximate surface area is 101 Å². The molecule has 0 heterocycles. The zero-order valence-electron chi connectivity index (χ0n) is 9.82. The predicted molar refractivity (Wildman–Crippen MR) is 68.1 cm³/mol. The van der Waals surface area contributed by atoms with E-state index in [2.05, 4.69) is 11.9 Å². The highest BCUT2D eigenvalue weighted by molar-refractivity contribution is 5.94. The van der Waals surface area contributed by atoms with Crippen LogP contribution in [0.3, 0.4) is 0 Å². The Hall–Kier alpha value is -1.77. The van der Waals surface area contributed by atoms with Gasteiger partial charge in [-0.15, -0.1) is 0 Å². The summed E-state index contributed by atoms with van der Waals surface area (Å²) in [6, 6.07) is 7.48. The Morgan fingerprint density at radius 3 is 2.88 bits per heavy atom. The molecule has 1 N–H and O–H groups in total. The lowest BCUT2D eigenvalue weighted by atomic mass is 9.85. The molecule has 3 heteroatoms. The van der Waals surface area contributed by atoms with Crippen LogP contribution < -0.4 is 10.1 Å². The molecule has 1 saturated carbocycles. The Kier molecular flexibility index (Phi) is 3.81. The fraction of sp³-hybridized carbons (Fsp3) is 0.357. The molecule has 0 aliphatic heterocycles. The van der Waals surface area contributed by atoms with Gasteiger partial charge in [-0.1, -0.05) is 31.2 Å². The molecule has 90 valence electrons. The van der Waals surface area contributed by atoms with E-state index in [4.69, 9.17) is 4.74 Å². The summed E-state index contributed by atoms with van der Waals surface area (Å²) in [5.74, 6) is 0.980. The molecule has 1 fully saturated rings. The number of nitrogens with one attached hydrogen (secondary N) is 1. The first-order valence-corrected chi connectivity index (χ1v) is 5.95. The summed E-state index contributed by atoms with van der Waals surface area (Å²) < 4.78 is 5.49. The standard InChI is InChI=1S/C14H17NO2/c1-2-10-17-13-9-4-3-8-12(13)15-14(16)11-6-5-7-11/h2-4,8-9,11H,1,5-7,10H2,(H,15,16). The zero-order valence-corrected chi connectivity index (χ0v) is 9.82. The van der Waals surface area contributed by atoms with Crippen molar-refractivity contribution in [1.82, 2.24) is 0 Å². The first-order valence-electron chi connectivity index (χ1n) is 5.95. The van der Waals surface area contributed by atoms with Gasteiger partial charge in [0.2, 0.25) is 5.91 Å². The summed E-state index contributed by atoms with van der Waals surface area (Å²) in [6.45, 7) is 4.05. The van der Waals surface area contributed by atoms with Gasteiger partial charge in [-0.25, -0.2) is 0 Å². The summed E-state index contributed by atoms with van der Waals surface area (Å²) in [6.07, 6.45) is 4.85. The molecule has 2 rings (SSSR count). The van der Waals surface area contributed by atoms with Crippen LogP contribution in [0.5, 0.6) is 5.75 Å². The first kappa shape index (κ1) is 11.7. The number of hydrogen-bond donors (Lipinski definition) is 1. The zero-order chi connectivity index (χ0) is 12.1. The molecule has 0 bridgehead atoms. The van der Waals surface area contributed by atoms with Crippen molar-refractivity contribution in [1.29, 1.82) is 0 Å². The van der Waals surface area contributed by atoms with Crippen LogP contribution in [0.15, 0.2) is 36.9 Å². The second-order valence-corrected chi connectivity index (χ2v) is 4.21. The summed E-state index contributed by atoms with van der Waals surface area (Å²) in [4.78, 5) is 11.8. The molecule has 1 aliphatic carbocycles. The number of para-hydroxylation sites is 2. The summed E-state index contributed by atoms with van der Waals surface area (Å²) in [5.41, 5.74) is 0.742. The van der Waals surface area contributed by atoms with Crippen molar-refractivity contribution >= 4 is 11.6 Å². The number of anilines is 1. The number of benzene rings is 1. The monoisotopic (exact) mass is 231 g/mol. The highest BCUT2D eigenvalue weighted by Crippen LogP contribution is 2.30. The first-order chi connectivity index (χ1) is 8.31. The van der Waals surface area contributed by atoms with Crippen molar-refractivity contribution in [3.8, 4) is 5.75 Å². The van der Waals surface area contributed by atoms with Crippen LogP contribution in [-0.4, -0.2) is 12.5 Å². The maximum absolute atomic E-state index is 11.8. The van der Waals surface area contributed by atoms with Gasteiger partial charge in [0.1, 0.15) is 12.4 Å². The number of carbonyl (C=O) groups excluding carboxylic acids is 1. The van der Waals surface area contributed by atoms with E-state index in [0.29, 0.717) is 12.4 Å². The van der Waals surface area contributed by atoms with E-state index in [-0.39, 0.29) is 11.8 Å². The van der Waals surface area contributed by atoms with Crippen molar-refractivity contribution < 1.29 is 9.53 Å². The third kappa shape index (κ3) is 2.87. The third-order valence-electron chi connectivity index (χ3n) is 2.98. The van der Waals surface area contributed by atoms with Gasteiger partial charge in [-0.3, -0.25) is 4.79 Å². The van der Waals surface area contributed by atoms with Crippen molar-refractivity contribution in [2.75, 3.05) is 11.9 Å². The van der Waals surface area contributed by atoms with Crippen LogP contribution >= 0.6 is 0 Å². The van der Waals surface area contributed by atoms with Gasteiger partial charge in [0, 0.05) is 5.92 Å². The van der Waals surface area contributed by atoms with E-state index in [9.17, 15) is 4.79 Å². The molecular formula is C14H17NO2. The Balaban J connectivity index is 2.02. The molecule has 1 amide bonds. The van der Waals surface area contributed by atoms with E-state index >= 15 is 0 Å². The number of carbonyl (C=O) groups is 1. The molecule has 0 spiro atoms. The van der Waals surface area contributed by atoms with Gasteiger partial charge in [0.15, 0.2) is 0 Å². The molecule has 0 unspecified atom stereocenters. The van der Waals surface area contributed by atoms with Crippen molar-refractivity contribution in [2.45, 2.75) is 19.3 Å². The third-order valence-corrected chi connectivity index (χ3v) is 2.98. The van der Waals surface area contributed by atoms with Gasteiger partial charge in [-0.05, 0) is 25.0 Å². The predicted octanol–water partition coefficient (Wildman–Crippen LogP) is 2.99. The molecular weight excluding hydrogens is 214 g/mol. The lowest BCUT2D eigenvalue weighted by Crippen LogP contribution is -2.28. The molecule has 1 aromatic carbocycles. The smallest absolute Gasteiger partial charge is 0.227 e. The van der Waals surface area contributed by atoms with Crippen LogP contribution in [0.25, 0.3) is 0 Å². The molecule has 0 saturated heterocycles. The Morgan fingerprint density at radius 1 is 1.47 bits per heavy atom. The lowest BCUT2D eigenvalue weighted by molar-refractivity contribution is -0.122. The topological polar surface area (TPSA) is 38.3 Å². The molecule has 17 heavy (non-hydrogen) atoms. The fourth-order valence-corrected chi connectivity index (χ4v) is 1.75. The number of hydrogen-bond acceptors (Lipinski definition) is 2. The SMILES string of the molecule is C=CCOc1ccccc1NC(=O)C1CCC1. The minimum Gasteiger partial charge on any atom is -0.487 e. The van der Waals surface area contributed by atoms with Crippen LogP contribution in [0, 0.1) is 5.92 Å². The molecule has 0 radical (unpaired) electrons. The average molecular weight is 231 g/mol. The van der Waals surface area contributed by atoms with Gasteiger partial charge < -0.3 is 10.1 Å². The largest absolute Gasteiger partial charge is 0.487 e. The van der Waals surface area contributed by atoms with Gasteiger partial charge in [0.05, 0.1) is 5.69 Å². The van der Waals surface area contributed by atoms with E-state index in [1.807, 2.05) is 24.3 Å². The molecule has 0 aromatic heterocycles. The van der Waals surface area contributed by atoms with E-state index in [1.165, 1.54) is 0 Å². The average Bonchev–Trinajstić information content (AvgIpc) is 2.25. The highest BCUT2D eigenvalue weighted by Gasteiger charge is 2.25. The Bertz CT molecular complexity index is 410. The summed E-state index contributed by atoms with van der Waals surface area (Å²) >= 11 is 0. The fourth-order valence-electron chi connectivity index (χ4n) is 1.75. The number of ether oxygens (including phenoxy) is 1. The summed E-state index contributed by atoms with van der Waals surface area (Å²) in [5, 5.41) is 2.92. The van der Waals surface area contributed by atoms with Gasteiger partial charge >= 0.3 is 0 Å². The number of rotatable bonds is 5. The minimum atomic E-state index is 0.103. The minimum absolute atomic E-state index is 0.103. The highest BCUT2D eigenvalue weighted by atomic mass is 16.5. The van der Waals surface area contributed by atoms with Crippen LogP contribution in [0.4, 0.5) is 5.69 Å². The molecule has 1 aliphatic rings. The maximum Gasteiger partial charge on any atom is 0.227 e. The van der Waals surface area contributed by atoms with E-state index in [0.717, 1.165) is 24.9 Å². The van der Waals surface area contributed by atoms with Crippen LogP contribution in [0.2, 0.25) is 0 Å². The van der Waals surface area contributed by atoms with Crippen molar-refractivity contribution in [3.05, 3.63) is 36.9 Å². The van der Waals surface area contributed by atoms with Gasteiger partial charge in [-0.2, -0.15) is 0 Å². The molecule has 3 nitrogen and oxygen atoms in total. The normalized spacial score (nSPS) is 14.8. The molecule has 1 aromatic rings. The number of amides is 1.